The summed E-state index contributed by atoms with van der Waals surface area (Å²) in [6.45, 7) is 2.22. The maximum atomic E-state index is 11.9. The van der Waals surface area contributed by atoms with Crippen molar-refractivity contribution in [3.8, 4) is 0 Å². The summed E-state index contributed by atoms with van der Waals surface area (Å²) in [6.07, 6.45) is 4.75. The molecule has 2 rings (SSSR count). The van der Waals surface area contributed by atoms with Gasteiger partial charge in [-0.15, -0.1) is 0 Å². The highest BCUT2D eigenvalue weighted by atomic mass is 16.2. The number of nitrogens with two attached hydrogens (primary N) is 1. The van der Waals surface area contributed by atoms with E-state index < -0.39 is 6.04 Å². The largest absolute Gasteiger partial charge is 0.349 e. The van der Waals surface area contributed by atoms with E-state index in [9.17, 15) is 4.79 Å². The molecular weight excluding hydrogens is 264 g/mol. The molecule has 1 aromatic carbocycles. The number of carbonyl (C=O) groups is 1. The van der Waals surface area contributed by atoms with Gasteiger partial charge in [0.2, 0.25) is 5.91 Å². The van der Waals surface area contributed by atoms with E-state index in [0.717, 1.165) is 17.8 Å². The van der Waals surface area contributed by atoms with Crippen molar-refractivity contribution in [2.45, 2.75) is 32.4 Å². The molecule has 5 nitrogen and oxygen atoms in total. The molecule has 1 atom stereocenters. The molecule has 0 aliphatic carbocycles. The standard InChI is InChI=1S/C16H20N4O/c1-12-9-19-14(10-18-12)11-20-16(21)15(17)8-7-13-5-3-2-4-6-13/h2-6,9-10,15H,7-8,11,17H2,1H3,(H,20,21). The van der Waals surface area contributed by atoms with Crippen molar-refractivity contribution in [3.05, 3.63) is 59.7 Å². The van der Waals surface area contributed by atoms with Crippen molar-refractivity contribution in [1.82, 2.24) is 15.3 Å². The van der Waals surface area contributed by atoms with Gasteiger partial charge in [0.15, 0.2) is 0 Å². The van der Waals surface area contributed by atoms with Gasteiger partial charge in [0.1, 0.15) is 0 Å². The Morgan fingerprint density at radius 2 is 2.00 bits per heavy atom. The first-order valence-electron chi connectivity index (χ1n) is 7.00. The van der Waals surface area contributed by atoms with E-state index >= 15 is 0 Å². The number of amides is 1. The van der Waals surface area contributed by atoms with E-state index in [2.05, 4.69) is 15.3 Å². The number of hydrogen-bond acceptors (Lipinski definition) is 4. The van der Waals surface area contributed by atoms with Crippen molar-refractivity contribution < 1.29 is 4.79 Å². The normalized spacial score (nSPS) is 11.9. The molecule has 0 spiro atoms. The molecule has 0 bridgehead atoms. The summed E-state index contributed by atoms with van der Waals surface area (Å²) < 4.78 is 0. The SMILES string of the molecule is Cc1cnc(CNC(=O)C(N)CCc2ccccc2)cn1. The lowest BCUT2D eigenvalue weighted by Gasteiger charge is -2.12. The molecule has 110 valence electrons. The lowest BCUT2D eigenvalue weighted by Crippen LogP contribution is -2.40. The molecule has 0 saturated carbocycles. The Hall–Kier alpha value is -2.27. The van der Waals surface area contributed by atoms with E-state index in [1.54, 1.807) is 12.4 Å². The Balaban J connectivity index is 1.76. The Labute approximate surface area is 124 Å². The van der Waals surface area contributed by atoms with Crippen LogP contribution in [-0.2, 0) is 17.8 Å². The highest BCUT2D eigenvalue weighted by Gasteiger charge is 2.13. The Bertz CT molecular complexity index is 569. The number of aromatic nitrogens is 2. The topological polar surface area (TPSA) is 80.9 Å². The van der Waals surface area contributed by atoms with Crippen LogP contribution in [0, 0.1) is 6.92 Å². The molecule has 0 aliphatic rings. The lowest BCUT2D eigenvalue weighted by molar-refractivity contribution is -0.122. The van der Waals surface area contributed by atoms with Gasteiger partial charge in [-0.1, -0.05) is 30.3 Å². The summed E-state index contributed by atoms with van der Waals surface area (Å²) in [5, 5.41) is 2.79. The molecule has 2 aromatic rings. The van der Waals surface area contributed by atoms with Crippen LogP contribution >= 0.6 is 0 Å². The van der Waals surface area contributed by atoms with Gasteiger partial charge in [-0.25, -0.2) is 0 Å². The molecule has 1 amide bonds. The first-order chi connectivity index (χ1) is 10.1. The highest BCUT2D eigenvalue weighted by molar-refractivity contribution is 5.81. The third-order valence-electron chi connectivity index (χ3n) is 3.20. The van der Waals surface area contributed by atoms with Crippen LogP contribution < -0.4 is 11.1 Å². The third kappa shape index (κ3) is 4.96. The van der Waals surface area contributed by atoms with Crippen molar-refractivity contribution in [3.63, 3.8) is 0 Å². The predicted molar refractivity (Wildman–Crippen MR) is 81.4 cm³/mol. The van der Waals surface area contributed by atoms with Gasteiger partial charge in [-0.2, -0.15) is 0 Å². The number of rotatable bonds is 6. The summed E-state index contributed by atoms with van der Waals surface area (Å²) in [4.78, 5) is 20.2. The summed E-state index contributed by atoms with van der Waals surface area (Å²) in [5.41, 5.74) is 8.67. The van der Waals surface area contributed by atoms with Gasteiger partial charge in [-0.3, -0.25) is 14.8 Å². The van der Waals surface area contributed by atoms with Gasteiger partial charge in [0.05, 0.1) is 30.2 Å². The second-order valence-corrected chi connectivity index (χ2v) is 5.00. The van der Waals surface area contributed by atoms with E-state index in [1.807, 2.05) is 37.3 Å². The minimum Gasteiger partial charge on any atom is -0.349 e. The molecule has 3 N–H and O–H groups in total. The van der Waals surface area contributed by atoms with Crippen molar-refractivity contribution in [1.29, 1.82) is 0 Å². The van der Waals surface area contributed by atoms with E-state index in [4.69, 9.17) is 5.73 Å². The van der Waals surface area contributed by atoms with Crippen LogP contribution in [0.15, 0.2) is 42.7 Å². The van der Waals surface area contributed by atoms with Gasteiger partial charge < -0.3 is 11.1 Å². The van der Waals surface area contributed by atoms with Gasteiger partial charge >= 0.3 is 0 Å². The molecule has 1 unspecified atom stereocenters. The summed E-state index contributed by atoms with van der Waals surface area (Å²) in [5.74, 6) is -0.159. The fourth-order valence-electron chi connectivity index (χ4n) is 1.92. The molecule has 21 heavy (non-hydrogen) atoms. The maximum absolute atomic E-state index is 11.9. The number of nitrogens with zero attached hydrogens (tertiary/aromatic N) is 2. The first kappa shape index (κ1) is 15.1. The molecule has 0 aliphatic heterocycles. The second-order valence-electron chi connectivity index (χ2n) is 5.00. The number of carbonyl (C=O) groups excluding carboxylic acids is 1. The van der Waals surface area contributed by atoms with Crippen molar-refractivity contribution in [2.75, 3.05) is 0 Å². The van der Waals surface area contributed by atoms with E-state index in [0.29, 0.717) is 13.0 Å². The third-order valence-corrected chi connectivity index (χ3v) is 3.20. The Kier molecular flexibility index (Phi) is 5.40. The molecule has 1 aromatic heterocycles. The van der Waals surface area contributed by atoms with Crippen LogP contribution in [0.1, 0.15) is 23.4 Å². The zero-order valence-electron chi connectivity index (χ0n) is 12.1. The minimum atomic E-state index is -0.511. The second kappa shape index (κ2) is 7.50. The zero-order valence-corrected chi connectivity index (χ0v) is 12.1. The van der Waals surface area contributed by atoms with Crippen LogP contribution in [0.4, 0.5) is 0 Å². The highest BCUT2D eigenvalue weighted by Crippen LogP contribution is 2.04. The Morgan fingerprint density at radius 1 is 1.24 bits per heavy atom. The smallest absolute Gasteiger partial charge is 0.237 e. The molecule has 5 heteroatoms. The Morgan fingerprint density at radius 3 is 2.67 bits per heavy atom. The molecule has 1 heterocycles. The fourth-order valence-corrected chi connectivity index (χ4v) is 1.92. The van der Waals surface area contributed by atoms with Crippen LogP contribution in [0.3, 0.4) is 0 Å². The maximum Gasteiger partial charge on any atom is 0.237 e. The monoisotopic (exact) mass is 284 g/mol. The number of nitrogens with one attached hydrogen (secondary N) is 1. The summed E-state index contributed by atoms with van der Waals surface area (Å²) >= 11 is 0. The molecule has 0 saturated heterocycles. The predicted octanol–water partition coefficient (Wildman–Crippen LogP) is 1.36. The molecule has 0 fully saturated rings. The molecular formula is C16H20N4O. The van der Waals surface area contributed by atoms with Gasteiger partial charge in [-0.05, 0) is 25.3 Å². The van der Waals surface area contributed by atoms with E-state index in [-0.39, 0.29) is 5.91 Å². The average Bonchev–Trinajstić information content (AvgIpc) is 2.52. The zero-order chi connectivity index (χ0) is 15.1. The van der Waals surface area contributed by atoms with Crippen molar-refractivity contribution in [2.24, 2.45) is 5.73 Å². The number of benzene rings is 1. The van der Waals surface area contributed by atoms with E-state index in [1.165, 1.54) is 5.56 Å². The molecule has 0 radical (unpaired) electrons. The van der Waals surface area contributed by atoms with Gasteiger partial charge in [0.25, 0.3) is 0 Å². The first-order valence-corrected chi connectivity index (χ1v) is 7.00. The number of hydrogen-bond donors (Lipinski definition) is 2. The van der Waals surface area contributed by atoms with Crippen LogP contribution in [0.25, 0.3) is 0 Å². The van der Waals surface area contributed by atoms with Gasteiger partial charge in [0, 0.05) is 6.20 Å². The van der Waals surface area contributed by atoms with Crippen LogP contribution in [0.2, 0.25) is 0 Å². The minimum absolute atomic E-state index is 0.159. The summed E-state index contributed by atoms with van der Waals surface area (Å²) in [7, 11) is 0. The fraction of sp³-hybridized carbons (Fsp3) is 0.312. The van der Waals surface area contributed by atoms with Crippen molar-refractivity contribution >= 4 is 5.91 Å². The van der Waals surface area contributed by atoms with Crippen LogP contribution in [-0.4, -0.2) is 21.9 Å². The quantitative estimate of drug-likeness (QED) is 0.839. The summed E-state index contributed by atoms with van der Waals surface area (Å²) in [6, 6.07) is 9.50. The lowest BCUT2D eigenvalue weighted by atomic mass is 10.1. The number of aryl methyl sites for hydroxylation is 2. The van der Waals surface area contributed by atoms with Crippen LogP contribution in [0.5, 0.6) is 0 Å². The average molecular weight is 284 g/mol.